The predicted molar refractivity (Wildman–Crippen MR) is 68.0 cm³/mol. The summed E-state index contributed by atoms with van der Waals surface area (Å²) in [6.45, 7) is 1.66. The summed E-state index contributed by atoms with van der Waals surface area (Å²) in [4.78, 5) is 15.0. The molecule has 0 radical (unpaired) electrons. The lowest BCUT2D eigenvalue weighted by atomic mass is 10.1. The highest BCUT2D eigenvalue weighted by Crippen LogP contribution is 2.11. The molecule has 0 aliphatic carbocycles. The summed E-state index contributed by atoms with van der Waals surface area (Å²) in [6, 6.07) is 6.27. The Balaban J connectivity index is 1.86. The first-order valence-electron chi connectivity index (χ1n) is 6.17. The van der Waals surface area contributed by atoms with Gasteiger partial charge in [-0.05, 0) is 38.3 Å². The van der Waals surface area contributed by atoms with Crippen LogP contribution in [0.25, 0.3) is 5.52 Å². The molecule has 3 heteroatoms. The van der Waals surface area contributed by atoms with Gasteiger partial charge in [-0.15, -0.1) is 0 Å². The Kier molecular flexibility index (Phi) is 3.91. The number of carbonyl (C=O) groups is 1. The van der Waals surface area contributed by atoms with Crippen molar-refractivity contribution in [2.75, 3.05) is 0 Å². The first-order chi connectivity index (χ1) is 8.27. The molecule has 2 aromatic rings. The summed E-state index contributed by atoms with van der Waals surface area (Å²) >= 11 is 0. The predicted octanol–water partition coefficient (Wildman–Crippen LogP) is 3.03. The quantitative estimate of drug-likeness (QED) is 0.715. The number of fused-ring (bicyclic) bond motifs is 1. The van der Waals surface area contributed by atoms with Crippen LogP contribution in [0.15, 0.2) is 30.7 Å². The number of unbranched alkanes of at least 4 members (excludes halogenated alkanes) is 2. The molecule has 0 unspecified atom stereocenters. The lowest BCUT2D eigenvalue weighted by Gasteiger charge is -2.05. The number of hydrogen-bond donors (Lipinski definition) is 0. The molecular weight excluding hydrogens is 212 g/mol. The van der Waals surface area contributed by atoms with Crippen LogP contribution in [0.1, 0.15) is 38.3 Å². The zero-order valence-corrected chi connectivity index (χ0v) is 10.2. The van der Waals surface area contributed by atoms with Crippen molar-refractivity contribution in [2.45, 2.75) is 39.0 Å². The Morgan fingerprint density at radius 2 is 2.18 bits per heavy atom. The molecule has 0 saturated carbocycles. The number of aryl methyl sites for hydroxylation is 1. The van der Waals surface area contributed by atoms with E-state index in [1.807, 2.05) is 12.5 Å². The maximum Gasteiger partial charge on any atom is 0.129 e. The molecule has 0 aliphatic heterocycles. The number of aromatic nitrogens is 2. The molecule has 17 heavy (non-hydrogen) atoms. The summed E-state index contributed by atoms with van der Waals surface area (Å²) in [5.74, 6) is 0.293. The van der Waals surface area contributed by atoms with E-state index < -0.39 is 0 Å². The van der Waals surface area contributed by atoms with Crippen LogP contribution < -0.4 is 0 Å². The number of nitrogens with zero attached hydrogens (tertiary/aromatic N) is 2. The third-order valence-electron chi connectivity index (χ3n) is 2.99. The van der Waals surface area contributed by atoms with E-state index in [0.717, 1.165) is 37.6 Å². The van der Waals surface area contributed by atoms with Gasteiger partial charge in [0.2, 0.25) is 0 Å². The number of carbonyl (C=O) groups excluding carboxylic acids is 1. The van der Waals surface area contributed by atoms with E-state index in [1.54, 1.807) is 6.92 Å². The van der Waals surface area contributed by atoms with Gasteiger partial charge in [0.15, 0.2) is 0 Å². The van der Waals surface area contributed by atoms with Crippen LogP contribution in [0.4, 0.5) is 0 Å². The van der Waals surface area contributed by atoms with Gasteiger partial charge in [-0.25, -0.2) is 4.98 Å². The van der Waals surface area contributed by atoms with Crippen molar-refractivity contribution in [3.63, 3.8) is 0 Å². The van der Waals surface area contributed by atoms with Gasteiger partial charge in [-0.2, -0.15) is 0 Å². The Hall–Kier alpha value is -1.64. The lowest BCUT2D eigenvalue weighted by Crippen LogP contribution is -1.96. The molecule has 2 aromatic heterocycles. The van der Waals surface area contributed by atoms with E-state index in [2.05, 4.69) is 27.6 Å². The molecule has 0 spiro atoms. The monoisotopic (exact) mass is 230 g/mol. The van der Waals surface area contributed by atoms with Crippen molar-refractivity contribution >= 4 is 11.3 Å². The van der Waals surface area contributed by atoms with Gasteiger partial charge in [-0.3, -0.25) is 0 Å². The minimum atomic E-state index is 0.293. The number of hydrogen-bond acceptors (Lipinski definition) is 2. The molecule has 0 N–H and O–H groups in total. The highest BCUT2D eigenvalue weighted by atomic mass is 16.1. The van der Waals surface area contributed by atoms with Gasteiger partial charge in [-0.1, -0.05) is 12.5 Å². The molecule has 0 atom stereocenters. The second kappa shape index (κ2) is 5.62. The fourth-order valence-corrected chi connectivity index (χ4v) is 2.07. The van der Waals surface area contributed by atoms with E-state index in [1.165, 1.54) is 5.69 Å². The summed E-state index contributed by atoms with van der Waals surface area (Å²) in [5.41, 5.74) is 2.44. The van der Waals surface area contributed by atoms with E-state index in [9.17, 15) is 4.79 Å². The van der Waals surface area contributed by atoms with Crippen LogP contribution in [0, 0.1) is 0 Å². The number of imidazole rings is 1. The number of rotatable bonds is 6. The molecule has 2 rings (SSSR count). The first kappa shape index (κ1) is 11.8. The number of Topliss-reactive ketones (excluding diaryl/α,β-unsaturated/α-hetero) is 1. The van der Waals surface area contributed by atoms with Gasteiger partial charge in [0, 0.05) is 12.1 Å². The van der Waals surface area contributed by atoms with Crippen molar-refractivity contribution in [2.24, 2.45) is 0 Å². The summed E-state index contributed by atoms with van der Waals surface area (Å²) in [5, 5.41) is 0. The Morgan fingerprint density at radius 1 is 1.29 bits per heavy atom. The van der Waals surface area contributed by atoms with Gasteiger partial charge in [0.1, 0.15) is 5.78 Å². The minimum absolute atomic E-state index is 0.293. The minimum Gasteiger partial charge on any atom is -0.303 e. The topological polar surface area (TPSA) is 34.4 Å². The summed E-state index contributed by atoms with van der Waals surface area (Å²) in [7, 11) is 0. The smallest absolute Gasteiger partial charge is 0.129 e. The maximum absolute atomic E-state index is 10.8. The van der Waals surface area contributed by atoms with Gasteiger partial charge < -0.3 is 9.20 Å². The molecule has 0 aliphatic rings. The molecule has 0 fully saturated rings. The van der Waals surface area contributed by atoms with Crippen LogP contribution in [0.5, 0.6) is 0 Å². The third-order valence-corrected chi connectivity index (χ3v) is 2.99. The van der Waals surface area contributed by atoms with Gasteiger partial charge in [0.25, 0.3) is 0 Å². The number of pyridine rings is 1. The van der Waals surface area contributed by atoms with Gasteiger partial charge >= 0.3 is 0 Å². The molecule has 3 nitrogen and oxygen atoms in total. The van der Waals surface area contributed by atoms with Crippen LogP contribution in [-0.2, 0) is 11.2 Å². The highest BCUT2D eigenvalue weighted by molar-refractivity contribution is 5.75. The summed E-state index contributed by atoms with van der Waals surface area (Å²) in [6.07, 6.45) is 8.75. The molecule has 2 heterocycles. The normalized spacial score (nSPS) is 10.9. The van der Waals surface area contributed by atoms with Crippen LogP contribution in [0.2, 0.25) is 0 Å². The highest BCUT2D eigenvalue weighted by Gasteiger charge is 2.00. The largest absolute Gasteiger partial charge is 0.303 e. The molecule has 90 valence electrons. The second-order valence-electron chi connectivity index (χ2n) is 4.47. The van der Waals surface area contributed by atoms with Crippen LogP contribution >= 0.6 is 0 Å². The molecular formula is C14H18N2O. The van der Waals surface area contributed by atoms with E-state index >= 15 is 0 Å². The zero-order valence-electron chi connectivity index (χ0n) is 10.2. The molecule has 0 amide bonds. The molecule has 0 aromatic carbocycles. The first-order valence-corrected chi connectivity index (χ1v) is 6.17. The second-order valence-corrected chi connectivity index (χ2v) is 4.47. The standard InChI is InChI=1S/C14H18N2O/c1-12(17)6-3-2-4-7-13-8-5-9-14-10-15-11-16(13)14/h5,8-11H,2-4,6-7H2,1H3. The van der Waals surface area contributed by atoms with Crippen molar-refractivity contribution in [3.05, 3.63) is 36.4 Å². The van der Waals surface area contributed by atoms with E-state index in [-0.39, 0.29) is 0 Å². The average molecular weight is 230 g/mol. The zero-order chi connectivity index (χ0) is 12.1. The van der Waals surface area contributed by atoms with Crippen molar-refractivity contribution in [3.8, 4) is 0 Å². The molecule has 0 saturated heterocycles. The Morgan fingerprint density at radius 3 is 3.00 bits per heavy atom. The summed E-state index contributed by atoms with van der Waals surface area (Å²) < 4.78 is 2.13. The fraction of sp³-hybridized carbons (Fsp3) is 0.429. The number of ketones is 1. The molecule has 0 bridgehead atoms. The van der Waals surface area contributed by atoms with Crippen LogP contribution in [-0.4, -0.2) is 15.2 Å². The SMILES string of the molecule is CC(=O)CCCCCc1cccc2cncn12. The van der Waals surface area contributed by atoms with E-state index in [0.29, 0.717) is 5.78 Å². The lowest BCUT2D eigenvalue weighted by molar-refractivity contribution is -0.117. The average Bonchev–Trinajstić information content (AvgIpc) is 2.77. The fourth-order valence-electron chi connectivity index (χ4n) is 2.07. The van der Waals surface area contributed by atoms with Gasteiger partial charge in [0.05, 0.1) is 18.0 Å². The maximum atomic E-state index is 10.8. The van der Waals surface area contributed by atoms with Crippen LogP contribution in [0.3, 0.4) is 0 Å². The van der Waals surface area contributed by atoms with E-state index in [4.69, 9.17) is 0 Å². The van der Waals surface area contributed by atoms with Crippen molar-refractivity contribution < 1.29 is 4.79 Å². The third kappa shape index (κ3) is 3.16. The van der Waals surface area contributed by atoms with Crippen molar-refractivity contribution in [1.82, 2.24) is 9.38 Å². The Bertz CT molecular complexity index is 502. The Labute approximate surface area is 101 Å². The van der Waals surface area contributed by atoms with Crippen molar-refractivity contribution in [1.29, 1.82) is 0 Å².